The largest absolute Gasteiger partial charge is 0.462 e. The minimum atomic E-state index is -0.532. The summed E-state index contributed by atoms with van der Waals surface area (Å²) in [6.45, 7) is 7.69. The van der Waals surface area contributed by atoms with E-state index in [0.717, 1.165) is 64.2 Å². The molecule has 0 rings (SSSR count). The van der Waals surface area contributed by atoms with E-state index in [9.17, 15) is 9.59 Å². The molecule has 304 valence electrons. The molecule has 0 saturated heterocycles. The van der Waals surface area contributed by atoms with Gasteiger partial charge in [0.25, 0.3) is 0 Å². The predicted octanol–water partition coefficient (Wildman–Crippen LogP) is 14.7. The lowest BCUT2D eigenvalue weighted by Gasteiger charge is -2.18. The number of esters is 2. The molecule has 0 heterocycles. The van der Waals surface area contributed by atoms with Crippen LogP contribution in [0.15, 0.2) is 36.5 Å². The van der Waals surface area contributed by atoms with Crippen molar-refractivity contribution in [2.45, 2.75) is 232 Å². The fourth-order valence-electron chi connectivity index (χ4n) is 6.23. The van der Waals surface area contributed by atoms with Crippen molar-refractivity contribution >= 4 is 11.9 Å². The van der Waals surface area contributed by atoms with E-state index in [4.69, 9.17) is 14.2 Å². The quantitative estimate of drug-likeness (QED) is 0.0356. The molecule has 52 heavy (non-hydrogen) atoms. The average molecular weight is 731 g/mol. The number of unbranched alkanes of at least 4 members (excludes halogenated alkanes) is 24. The summed E-state index contributed by atoms with van der Waals surface area (Å²) in [6.07, 6.45) is 50.3. The van der Waals surface area contributed by atoms with Crippen LogP contribution in [0.2, 0.25) is 0 Å². The molecule has 0 aliphatic rings. The highest BCUT2D eigenvalue weighted by molar-refractivity contribution is 5.70. The molecule has 0 saturated carbocycles. The van der Waals surface area contributed by atoms with Crippen LogP contribution in [0.3, 0.4) is 0 Å². The van der Waals surface area contributed by atoms with Crippen molar-refractivity contribution in [2.24, 2.45) is 0 Å². The van der Waals surface area contributed by atoms with E-state index in [1.807, 2.05) is 0 Å². The van der Waals surface area contributed by atoms with Gasteiger partial charge in [-0.15, -0.1) is 0 Å². The fourth-order valence-corrected chi connectivity index (χ4v) is 6.23. The number of carbonyl (C=O) groups is 2. The summed E-state index contributed by atoms with van der Waals surface area (Å²) in [5.41, 5.74) is 0. The zero-order valence-electron chi connectivity index (χ0n) is 34.8. The lowest BCUT2D eigenvalue weighted by atomic mass is 10.1. The van der Waals surface area contributed by atoms with Gasteiger partial charge >= 0.3 is 11.9 Å². The molecule has 0 amide bonds. The van der Waals surface area contributed by atoms with Crippen LogP contribution in [0.1, 0.15) is 226 Å². The highest BCUT2D eigenvalue weighted by Gasteiger charge is 2.17. The molecule has 5 heteroatoms. The fraction of sp³-hybridized carbons (Fsp3) is 0.830. The Hall–Kier alpha value is -1.88. The number of hydrogen-bond donors (Lipinski definition) is 0. The SMILES string of the molecule is CCCC/C=C\CCCCCCCC(=O)OCC(COCCCCCCCCCCCC/C=C\C/C=C\CCCCC)OC(=O)CCCCCCC. The summed E-state index contributed by atoms with van der Waals surface area (Å²) in [5, 5.41) is 0. The van der Waals surface area contributed by atoms with Crippen molar-refractivity contribution in [3.8, 4) is 0 Å². The highest BCUT2D eigenvalue weighted by Crippen LogP contribution is 2.13. The topological polar surface area (TPSA) is 61.8 Å². The second kappa shape index (κ2) is 43.5. The molecule has 0 spiro atoms. The third-order valence-corrected chi connectivity index (χ3v) is 9.65. The Bertz CT molecular complexity index is 832. The van der Waals surface area contributed by atoms with Crippen molar-refractivity contribution in [3.05, 3.63) is 36.5 Å². The number of ether oxygens (including phenoxy) is 3. The molecule has 0 bridgehead atoms. The van der Waals surface area contributed by atoms with Gasteiger partial charge in [0.15, 0.2) is 6.10 Å². The van der Waals surface area contributed by atoms with Gasteiger partial charge in [0.1, 0.15) is 6.61 Å². The smallest absolute Gasteiger partial charge is 0.306 e. The molecule has 0 aliphatic carbocycles. The second-order valence-corrected chi connectivity index (χ2v) is 15.0. The van der Waals surface area contributed by atoms with E-state index < -0.39 is 6.10 Å². The Kier molecular flexibility index (Phi) is 42.0. The van der Waals surface area contributed by atoms with Gasteiger partial charge in [-0.1, -0.05) is 179 Å². The lowest BCUT2D eigenvalue weighted by Crippen LogP contribution is -2.30. The van der Waals surface area contributed by atoms with Gasteiger partial charge in [0.05, 0.1) is 6.61 Å². The van der Waals surface area contributed by atoms with Crippen LogP contribution in [0, 0.1) is 0 Å². The minimum absolute atomic E-state index is 0.0817. The van der Waals surface area contributed by atoms with E-state index in [-0.39, 0.29) is 25.2 Å². The van der Waals surface area contributed by atoms with E-state index in [1.165, 1.54) is 128 Å². The van der Waals surface area contributed by atoms with E-state index >= 15 is 0 Å². The molecule has 0 aliphatic heterocycles. The van der Waals surface area contributed by atoms with Gasteiger partial charge in [-0.25, -0.2) is 0 Å². The Balaban J connectivity index is 4.01. The highest BCUT2D eigenvalue weighted by atomic mass is 16.6. The second-order valence-electron chi connectivity index (χ2n) is 15.0. The Morgan fingerprint density at radius 2 is 0.827 bits per heavy atom. The molecule has 0 fully saturated rings. The van der Waals surface area contributed by atoms with Gasteiger partial charge in [0.2, 0.25) is 0 Å². The van der Waals surface area contributed by atoms with Crippen LogP contribution < -0.4 is 0 Å². The van der Waals surface area contributed by atoms with Crippen LogP contribution in [0.5, 0.6) is 0 Å². The molecular formula is C47H86O5. The van der Waals surface area contributed by atoms with Crippen molar-refractivity contribution in [1.29, 1.82) is 0 Å². The average Bonchev–Trinajstić information content (AvgIpc) is 3.14. The third-order valence-electron chi connectivity index (χ3n) is 9.65. The molecule has 0 aromatic heterocycles. The lowest BCUT2D eigenvalue weighted by molar-refractivity contribution is -0.163. The summed E-state index contributed by atoms with van der Waals surface area (Å²) < 4.78 is 17.2. The summed E-state index contributed by atoms with van der Waals surface area (Å²) in [6, 6.07) is 0. The van der Waals surface area contributed by atoms with Crippen LogP contribution in [-0.4, -0.2) is 37.9 Å². The number of rotatable bonds is 41. The van der Waals surface area contributed by atoms with Crippen molar-refractivity contribution < 1.29 is 23.8 Å². The molecule has 1 unspecified atom stereocenters. The van der Waals surface area contributed by atoms with Crippen molar-refractivity contribution in [2.75, 3.05) is 19.8 Å². The molecule has 0 aromatic rings. The van der Waals surface area contributed by atoms with Crippen molar-refractivity contribution in [3.63, 3.8) is 0 Å². The first-order valence-electron chi connectivity index (χ1n) is 22.5. The zero-order chi connectivity index (χ0) is 37.8. The molecule has 5 nitrogen and oxygen atoms in total. The van der Waals surface area contributed by atoms with E-state index in [2.05, 4.69) is 57.2 Å². The van der Waals surface area contributed by atoms with Crippen LogP contribution >= 0.6 is 0 Å². The zero-order valence-corrected chi connectivity index (χ0v) is 34.8. The number of hydrogen-bond acceptors (Lipinski definition) is 5. The summed E-state index contributed by atoms with van der Waals surface area (Å²) >= 11 is 0. The maximum Gasteiger partial charge on any atom is 0.306 e. The normalized spacial score (nSPS) is 12.4. The van der Waals surface area contributed by atoms with Crippen LogP contribution in [0.25, 0.3) is 0 Å². The van der Waals surface area contributed by atoms with Gasteiger partial charge in [-0.05, 0) is 70.6 Å². The molecule has 0 aromatic carbocycles. The first-order chi connectivity index (χ1) is 25.6. The Morgan fingerprint density at radius 3 is 1.38 bits per heavy atom. The standard InChI is InChI=1S/C47H86O5/c1-4-7-10-13-15-17-19-20-21-22-23-24-25-26-27-29-31-33-36-39-42-50-43-45(52-47(49)41-38-34-12-9-6-3)44-51-46(48)40-37-35-32-30-28-18-16-14-11-8-5-2/h14-17,20-21,45H,4-13,18-19,22-44H2,1-3H3/b16-14-,17-15-,21-20-. The Morgan fingerprint density at radius 1 is 0.423 bits per heavy atom. The molecule has 0 radical (unpaired) electrons. The minimum Gasteiger partial charge on any atom is -0.462 e. The summed E-state index contributed by atoms with van der Waals surface area (Å²) in [5.74, 6) is -0.418. The monoisotopic (exact) mass is 731 g/mol. The Labute approximate surface area is 323 Å². The molecule has 0 N–H and O–H groups in total. The summed E-state index contributed by atoms with van der Waals surface area (Å²) in [7, 11) is 0. The van der Waals surface area contributed by atoms with Gasteiger partial charge in [-0.3, -0.25) is 9.59 Å². The maximum atomic E-state index is 12.5. The van der Waals surface area contributed by atoms with Crippen LogP contribution in [-0.2, 0) is 23.8 Å². The maximum absolute atomic E-state index is 12.5. The number of allylic oxidation sites excluding steroid dienone is 6. The first kappa shape index (κ1) is 50.1. The van der Waals surface area contributed by atoms with Crippen molar-refractivity contribution in [1.82, 2.24) is 0 Å². The molecule has 1 atom stereocenters. The van der Waals surface area contributed by atoms with Gasteiger partial charge in [0, 0.05) is 19.4 Å². The number of carbonyl (C=O) groups excluding carboxylic acids is 2. The van der Waals surface area contributed by atoms with Crippen LogP contribution in [0.4, 0.5) is 0 Å². The van der Waals surface area contributed by atoms with E-state index in [0.29, 0.717) is 19.4 Å². The van der Waals surface area contributed by atoms with E-state index in [1.54, 1.807) is 0 Å². The predicted molar refractivity (Wildman–Crippen MR) is 224 cm³/mol. The third kappa shape index (κ3) is 40.9. The van der Waals surface area contributed by atoms with Gasteiger partial charge in [-0.2, -0.15) is 0 Å². The first-order valence-corrected chi connectivity index (χ1v) is 22.5. The van der Waals surface area contributed by atoms with Gasteiger partial charge < -0.3 is 14.2 Å². The molecular weight excluding hydrogens is 645 g/mol. The summed E-state index contributed by atoms with van der Waals surface area (Å²) in [4.78, 5) is 24.9.